The summed E-state index contributed by atoms with van der Waals surface area (Å²) in [4.78, 5) is 22.5. The highest BCUT2D eigenvalue weighted by Gasteiger charge is 2.25. The first-order valence-corrected chi connectivity index (χ1v) is 5.28. The average Bonchev–Trinajstić information content (AvgIpc) is 2.25. The number of hydrogen-bond acceptors (Lipinski definition) is 4. The second-order valence-corrected chi connectivity index (χ2v) is 3.93. The quantitative estimate of drug-likeness (QED) is 0.482. The Balaban J connectivity index is 2.92. The normalized spacial score (nSPS) is 11.4. The first-order valence-electron chi connectivity index (χ1n) is 4.53. The average molecular weight is 272 g/mol. The predicted octanol–water partition coefficient (Wildman–Crippen LogP) is 2.63. The number of ketones is 1. The maximum absolute atomic E-state index is 11.5. The summed E-state index contributed by atoms with van der Waals surface area (Å²) in [7, 11) is 0. The molecule has 88 valence electrons. The Bertz CT molecular complexity index is 508. The topological polar surface area (TPSA) is 67.2 Å². The highest BCUT2D eigenvalue weighted by molar-refractivity contribution is 6.43. The molecule has 1 unspecified atom stereocenters. The minimum Gasteiger partial charge on any atom is -0.424 e. The van der Waals surface area contributed by atoms with Crippen LogP contribution in [0.15, 0.2) is 18.2 Å². The largest absolute Gasteiger partial charge is 0.424 e. The van der Waals surface area contributed by atoms with E-state index < -0.39 is 17.7 Å². The molecule has 0 spiro atoms. The summed E-state index contributed by atoms with van der Waals surface area (Å²) in [5.41, 5.74) is 0. The molecule has 4 nitrogen and oxygen atoms in total. The van der Waals surface area contributed by atoms with E-state index in [1.807, 2.05) is 0 Å². The van der Waals surface area contributed by atoms with Crippen LogP contribution in [0, 0.1) is 17.2 Å². The molecule has 0 aliphatic carbocycles. The minimum absolute atomic E-state index is 0.0191. The molecule has 0 N–H and O–H groups in total. The molecule has 0 fully saturated rings. The summed E-state index contributed by atoms with van der Waals surface area (Å²) in [6.07, 6.45) is 0. The van der Waals surface area contributed by atoms with Gasteiger partial charge < -0.3 is 4.74 Å². The second-order valence-electron chi connectivity index (χ2n) is 3.15. The molecule has 0 heterocycles. The number of Topliss-reactive ketones (excluding diaryl/α,β-unsaturated/α-hetero) is 1. The van der Waals surface area contributed by atoms with Gasteiger partial charge in [-0.3, -0.25) is 4.79 Å². The SMILES string of the molecule is CC(=O)C(C#N)C(=O)Oc1cccc(Cl)c1Cl. The van der Waals surface area contributed by atoms with Crippen LogP contribution in [0.2, 0.25) is 10.0 Å². The fourth-order valence-electron chi connectivity index (χ4n) is 1.04. The van der Waals surface area contributed by atoms with Crippen molar-refractivity contribution in [2.24, 2.45) is 5.92 Å². The molecule has 1 aromatic rings. The van der Waals surface area contributed by atoms with Crippen molar-refractivity contribution in [1.29, 1.82) is 5.26 Å². The number of esters is 1. The van der Waals surface area contributed by atoms with Crippen LogP contribution >= 0.6 is 23.2 Å². The van der Waals surface area contributed by atoms with Crippen molar-refractivity contribution in [3.63, 3.8) is 0 Å². The number of hydrogen-bond donors (Lipinski definition) is 0. The number of benzene rings is 1. The Kier molecular flexibility index (Phi) is 4.50. The Labute approximate surface area is 108 Å². The van der Waals surface area contributed by atoms with Crippen LogP contribution in [0.3, 0.4) is 0 Å². The molecule has 0 amide bonds. The molecule has 0 saturated heterocycles. The number of halogens is 2. The first kappa shape index (κ1) is 13.5. The predicted molar refractivity (Wildman–Crippen MR) is 61.9 cm³/mol. The summed E-state index contributed by atoms with van der Waals surface area (Å²) in [6, 6.07) is 6.03. The van der Waals surface area contributed by atoms with Crippen molar-refractivity contribution in [2.45, 2.75) is 6.92 Å². The third-order valence-electron chi connectivity index (χ3n) is 1.90. The van der Waals surface area contributed by atoms with E-state index in [9.17, 15) is 9.59 Å². The van der Waals surface area contributed by atoms with Gasteiger partial charge in [-0.05, 0) is 19.1 Å². The van der Waals surface area contributed by atoms with Gasteiger partial charge in [0.2, 0.25) is 5.92 Å². The molecule has 0 saturated carbocycles. The van der Waals surface area contributed by atoms with Gasteiger partial charge in [-0.2, -0.15) is 5.26 Å². The molecule has 0 bridgehead atoms. The summed E-state index contributed by atoms with van der Waals surface area (Å²) in [5.74, 6) is -2.99. The molecule has 1 aromatic carbocycles. The van der Waals surface area contributed by atoms with E-state index in [4.69, 9.17) is 33.2 Å². The van der Waals surface area contributed by atoms with Gasteiger partial charge in [0.15, 0.2) is 11.5 Å². The van der Waals surface area contributed by atoms with Crippen molar-refractivity contribution in [1.82, 2.24) is 0 Å². The number of carbonyl (C=O) groups is 2. The van der Waals surface area contributed by atoms with Crippen LogP contribution in [0.25, 0.3) is 0 Å². The van der Waals surface area contributed by atoms with Crippen molar-refractivity contribution in [3.05, 3.63) is 28.2 Å². The lowest BCUT2D eigenvalue weighted by atomic mass is 10.1. The van der Waals surface area contributed by atoms with E-state index in [0.29, 0.717) is 0 Å². The van der Waals surface area contributed by atoms with E-state index >= 15 is 0 Å². The maximum atomic E-state index is 11.5. The number of ether oxygens (including phenoxy) is 1. The van der Waals surface area contributed by atoms with E-state index in [-0.39, 0.29) is 15.8 Å². The van der Waals surface area contributed by atoms with Gasteiger partial charge in [-0.25, -0.2) is 4.79 Å². The van der Waals surface area contributed by atoms with Crippen LogP contribution in [0.1, 0.15) is 6.92 Å². The van der Waals surface area contributed by atoms with E-state index in [2.05, 4.69) is 0 Å². The van der Waals surface area contributed by atoms with Gasteiger partial charge in [0.1, 0.15) is 5.02 Å². The molecule has 0 aliphatic heterocycles. The molecular formula is C11H7Cl2NO3. The Morgan fingerprint density at radius 1 is 1.41 bits per heavy atom. The zero-order valence-electron chi connectivity index (χ0n) is 8.74. The van der Waals surface area contributed by atoms with Crippen molar-refractivity contribution in [2.75, 3.05) is 0 Å². The fraction of sp³-hybridized carbons (Fsp3) is 0.182. The summed E-state index contributed by atoms with van der Waals surface area (Å²) >= 11 is 11.5. The number of carbonyl (C=O) groups excluding carboxylic acids is 2. The third-order valence-corrected chi connectivity index (χ3v) is 2.70. The van der Waals surface area contributed by atoms with E-state index in [1.54, 1.807) is 6.07 Å². The lowest BCUT2D eigenvalue weighted by Gasteiger charge is -2.08. The molecule has 1 rings (SSSR count). The van der Waals surface area contributed by atoms with Gasteiger partial charge >= 0.3 is 5.97 Å². The summed E-state index contributed by atoms with van der Waals surface area (Å²) in [5, 5.41) is 8.91. The minimum atomic E-state index is -1.45. The second kappa shape index (κ2) is 5.67. The molecular weight excluding hydrogens is 265 g/mol. The molecule has 0 aromatic heterocycles. The first-order chi connectivity index (χ1) is 7.97. The molecule has 0 aliphatic rings. The van der Waals surface area contributed by atoms with Gasteiger partial charge in [-0.1, -0.05) is 29.3 Å². The molecule has 17 heavy (non-hydrogen) atoms. The highest BCUT2D eigenvalue weighted by atomic mass is 35.5. The van der Waals surface area contributed by atoms with Crippen molar-refractivity contribution < 1.29 is 14.3 Å². The maximum Gasteiger partial charge on any atom is 0.336 e. The van der Waals surface area contributed by atoms with Gasteiger partial charge in [0, 0.05) is 0 Å². The lowest BCUT2D eigenvalue weighted by molar-refractivity contribution is -0.140. The number of rotatable bonds is 3. The molecule has 0 radical (unpaired) electrons. The monoisotopic (exact) mass is 271 g/mol. The van der Waals surface area contributed by atoms with Crippen LogP contribution in [0.4, 0.5) is 0 Å². The Morgan fingerprint density at radius 2 is 2.06 bits per heavy atom. The van der Waals surface area contributed by atoms with Gasteiger partial charge in [0.05, 0.1) is 11.1 Å². The lowest BCUT2D eigenvalue weighted by Crippen LogP contribution is -2.25. The van der Waals surface area contributed by atoms with Crippen molar-refractivity contribution >= 4 is 35.0 Å². The van der Waals surface area contributed by atoms with Crippen LogP contribution in [-0.2, 0) is 9.59 Å². The molecule has 6 heteroatoms. The standard InChI is InChI=1S/C11H7Cl2NO3/c1-6(15)7(5-14)11(16)17-9-4-2-3-8(12)10(9)13/h2-4,7H,1H3. The highest BCUT2D eigenvalue weighted by Crippen LogP contribution is 2.31. The van der Waals surface area contributed by atoms with Crippen LogP contribution < -0.4 is 4.74 Å². The summed E-state index contributed by atoms with van der Waals surface area (Å²) < 4.78 is 4.84. The van der Waals surface area contributed by atoms with Gasteiger partial charge in [0.25, 0.3) is 0 Å². The van der Waals surface area contributed by atoms with Crippen LogP contribution in [-0.4, -0.2) is 11.8 Å². The van der Waals surface area contributed by atoms with E-state index in [1.165, 1.54) is 18.2 Å². The Morgan fingerprint density at radius 3 is 2.59 bits per heavy atom. The smallest absolute Gasteiger partial charge is 0.336 e. The molecule has 1 atom stereocenters. The zero-order valence-corrected chi connectivity index (χ0v) is 10.2. The zero-order chi connectivity index (χ0) is 13.0. The van der Waals surface area contributed by atoms with Crippen molar-refractivity contribution in [3.8, 4) is 11.8 Å². The fourth-order valence-corrected chi connectivity index (χ4v) is 1.37. The Hall–Kier alpha value is -1.57. The van der Waals surface area contributed by atoms with E-state index in [0.717, 1.165) is 6.92 Å². The van der Waals surface area contributed by atoms with Gasteiger partial charge in [-0.15, -0.1) is 0 Å². The number of nitriles is 1. The third kappa shape index (κ3) is 3.19. The summed E-state index contributed by atoms with van der Waals surface area (Å²) in [6.45, 7) is 1.13. The van der Waals surface area contributed by atoms with Crippen LogP contribution in [0.5, 0.6) is 5.75 Å². The number of nitrogens with zero attached hydrogens (tertiary/aromatic N) is 1.